The minimum atomic E-state index is -0.566. The van der Waals surface area contributed by atoms with E-state index in [0.29, 0.717) is 5.69 Å². The highest BCUT2D eigenvalue weighted by Crippen LogP contribution is 2.25. The van der Waals surface area contributed by atoms with Crippen molar-refractivity contribution in [1.29, 1.82) is 0 Å². The first-order valence-corrected chi connectivity index (χ1v) is 4.37. The highest BCUT2D eigenvalue weighted by molar-refractivity contribution is 5.66. The van der Waals surface area contributed by atoms with Crippen LogP contribution < -0.4 is 5.73 Å². The fourth-order valence-electron chi connectivity index (χ4n) is 1.21. The molecule has 0 aromatic carbocycles. The first-order valence-electron chi connectivity index (χ1n) is 4.37. The summed E-state index contributed by atoms with van der Waals surface area (Å²) in [6.07, 6.45) is 2.60. The number of nitrogens with two attached hydrogens (primary N) is 1. The summed E-state index contributed by atoms with van der Waals surface area (Å²) in [5.41, 5.74) is 5.69. The van der Waals surface area contributed by atoms with Crippen molar-refractivity contribution in [3.05, 3.63) is 40.7 Å². The molecule has 0 fully saturated rings. The molecule has 0 aliphatic rings. The van der Waals surface area contributed by atoms with Gasteiger partial charge in [-0.05, 0) is 12.1 Å². The van der Waals surface area contributed by atoms with Crippen molar-refractivity contribution in [3.63, 3.8) is 0 Å². The SMILES string of the molecule is Nc1ncc([N+](=O)[O-])c(-c2ccccn2)n1. The minimum absolute atomic E-state index is 0.0220. The van der Waals surface area contributed by atoms with Crippen LogP contribution in [-0.2, 0) is 0 Å². The van der Waals surface area contributed by atoms with Crippen molar-refractivity contribution in [2.45, 2.75) is 0 Å². The summed E-state index contributed by atoms with van der Waals surface area (Å²) in [5, 5.41) is 10.8. The molecule has 80 valence electrons. The zero-order chi connectivity index (χ0) is 11.5. The zero-order valence-electron chi connectivity index (χ0n) is 8.07. The smallest absolute Gasteiger partial charge is 0.315 e. The van der Waals surface area contributed by atoms with Gasteiger partial charge in [0.1, 0.15) is 6.20 Å². The number of rotatable bonds is 2. The molecule has 0 unspecified atom stereocenters. The highest BCUT2D eigenvalue weighted by atomic mass is 16.6. The molecule has 0 bridgehead atoms. The lowest BCUT2D eigenvalue weighted by molar-refractivity contribution is -0.384. The maximum atomic E-state index is 10.8. The van der Waals surface area contributed by atoms with Crippen molar-refractivity contribution in [2.75, 3.05) is 5.73 Å². The van der Waals surface area contributed by atoms with E-state index in [0.717, 1.165) is 6.20 Å². The predicted octanol–water partition coefficient (Wildman–Crippen LogP) is 1.03. The largest absolute Gasteiger partial charge is 0.368 e. The van der Waals surface area contributed by atoms with Crippen LogP contribution in [0, 0.1) is 10.1 Å². The molecule has 0 saturated heterocycles. The van der Waals surface area contributed by atoms with Gasteiger partial charge >= 0.3 is 5.69 Å². The Labute approximate surface area is 90.1 Å². The van der Waals surface area contributed by atoms with Crippen LogP contribution in [0.1, 0.15) is 0 Å². The van der Waals surface area contributed by atoms with E-state index in [9.17, 15) is 10.1 Å². The summed E-state index contributed by atoms with van der Waals surface area (Å²) >= 11 is 0. The van der Waals surface area contributed by atoms with Crippen molar-refractivity contribution in [2.24, 2.45) is 0 Å². The van der Waals surface area contributed by atoms with Gasteiger partial charge in [0.25, 0.3) is 0 Å². The van der Waals surface area contributed by atoms with Crippen molar-refractivity contribution in [1.82, 2.24) is 15.0 Å². The quantitative estimate of drug-likeness (QED) is 0.594. The summed E-state index contributed by atoms with van der Waals surface area (Å²) in [7, 11) is 0. The maximum absolute atomic E-state index is 10.8. The normalized spacial score (nSPS) is 10.0. The van der Waals surface area contributed by atoms with Gasteiger partial charge in [-0.1, -0.05) is 6.07 Å². The molecule has 2 N–H and O–H groups in total. The number of aromatic nitrogens is 3. The van der Waals surface area contributed by atoms with Crippen LogP contribution in [0.15, 0.2) is 30.6 Å². The molecule has 0 spiro atoms. The van der Waals surface area contributed by atoms with Gasteiger partial charge < -0.3 is 5.73 Å². The molecule has 0 aliphatic heterocycles. The van der Waals surface area contributed by atoms with Crippen LogP contribution in [0.5, 0.6) is 0 Å². The lowest BCUT2D eigenvalue weighted by Crippen LogP contribution is -2.01. The Hall–Kier alpha value is -2.57. The molecule has 7 heteroatoms. The average Bonchev–Trinajstić information content (AvgIpc) is 2.29. The highest BCUT2D eigenvalue weighted by Gasteiger charge is 2.18. The van der Waals surface area contributed by atoms with Crippen LogP contribution in [0.4, 0.5) is 11.6 Å². The van der Waals surface area contributed by atoms with Crippen molar-refractivity contribution in [3.8, 4) is 11.4 Å². The van der Waals surface area contributed by atoms with Crippen LogP contribution in [0.2, 0.25) is 0 Å². The second kappa shape index (κ2) is 3.89. The molecule has 0 atom stereocenters. The minimum Gasteiger partial charge on any atom is -0.368 e. The lowest BCUT2D eigenvalue weighted by atomic mass is 10.2. The molecule has 16 heavy (non-hydrogen) atoms. The Kier molecular flexibility index (Phi) is 2.42. The van der Waals surface area contributed by atoms with E-state index >= 15 is 0 Å². The molecule has 2 rings (SSSR count). The van der Waals surface area contributed by atoms with Crippen LogP contribution in [0.3, 0.4) is 0 Å². The van der Waals surface area contributed by atoms with Gasteiger partial charge in [0.2, 0.25) is 5.95 Å². The standard InChI is InChI=1S/C9H7N5O2/c10-9-12-5-7(14(15)16)8(13-9)6-3-1-2-4-11-6/h1-5H,(H2,10,12,13). The Balaban J connectivity index is 2.63. The van der Waals surface area contributed by atoms with Crippen LogP contribution >= 0.6 is 0 Å². The fourth-order valence-corrected chi connectivity index (χ4v) is 1.21. The molecule has 2 heterocycles. The monoisotopic (exact) mass is 217 g/mol. The molecule has 2 aromatic rings. The van der Waals surface area contributed by atoms with E-state index < -0.39 is 4.92 Å². The summed E-state index contributed by atoms with van der Waals surface area (Å²) < 4.78 is 0. The second-order valence-corrected chi connectivity index (χ2v) is 2.93. The Morgan fingerprint density at radius 3 is 2.75 bits per heavy atom. The number of nitro groups is 1. The zero-order valence-corrected chi connectivity index (χ0v) is 8.07. The fraction of sp³-hybridized carbons (Fsp3) is 0. The lowest BCUT2D eigenvalue weighted by Gasteiger charge is -2.01. The third-order valence-corrected chi connectivity index (χ3v) is 1.89. The second-order valence-electron chi connectivity index (χ2n) is 2.93. The predicted molar refractivity (Wildman–Crippen MR) is 56.3 cm³/mol. The number of hydrogen-bond donors (Lipinski definition) is 1. The Bertz CT molecular complexity index is 529. The third-order valence-electron chi connectivity index (χ3n) is 1.89. The van der Waals surface area contributed by atoms with Gasteiger partial charge in [-0.15, -0.1) is 0 Å². The van der Waals surface area contributed by atoms with Gasteiger partial charge in [-0.2, -0.15) is 0 Å². The average molecular weight is 217 g/mol. The van der Waals surface area contributed by atoms with E-state index in [2.05, 4.69) is 15.0 Å². The van der Waals surface area contributed by atoms with Gasteiger partial charge in [-0.3, -0.25) is 15.1 Å². The molecule has 0 radical (unpaired) electrons. The van der Waals surface area contributed by atoms with Gasteiger partial charge in [0, 0.05) is 6.20 Å². The maximum Gasteiger partial charge on any atom is 0.315 e. The molecular weight excluding hydrogens is 210 g/mol. The number of anilines is 1. The van der Waals surface area contributed by atoms with Gasteiger partial charge in [0.15, 0.2) is 5.69 Å². The van der Waals surface area contributed by atoms with E-state index in [-0.39, 0.29) is 17.3 Å². The third kappa shape index (κ3) is 1.78. The molecule has 0 amide bonds. The molecule has 0 saturated carbocycles. The Morgan fingerprint density at radius 1 is 1.31 bits per heavy atom. The van der Waals surface area contributed by atoms with Crippen molar-refractivity contribution < 1.29 is 4.92 Å². The number of nitrogen functional groups attached to an aromatic ring is 1. The number of nitrogens with zero attached hydrogens (tertiary/aromatic N) is 4. The topological polar surface area (TPSA) is 108 Å². The summed E-state index contributed by atoms with van der Waals surface area (Å²) in [4.78, 5) is 21.6. The van der Waals surface area contributed by atoms with Crippen LogP contribution in [0.25, 0.3) is 11.4 Å². The summed E-state index contributed by atoms with van der Waals surface area (Å²) in [6, 6.07) is 5.04. The van der Waals surface area contributed by atoms with Crippen LogP contribution in [-0.4, -0.2) is 19.9 Å². The van der Waals surface area contributed by atoms with E-state index in [4.69, 9.17) is 5.73 Å². The van der Waals surface area contributed by atoms with E-state index in [1.807, 2.05) is 0 Å². The molecule has 2 aromatic heterocycles. The van der Waals surface area contributed by atoms with E-state index in [1.165, 1.54) is 6.20 Å². The first-order chi connectivity index (χ1) is 7.68. The molecular formula is C9H7N5O2. The van der Waals surface area contributed by atoms with Gasteiger partial charge in [0.05, 0.1) is 10.6 Å². The van der Waals surface area contributed by atoms with E-state index in [1.54, 1.807) is 18.2 Å². The number of pyridine rings is 1. The first kappa shape index (κ1) is 9.97. The van der Waals surface area contributed by atoms with Crippen molar-refractivity contribution >= 4 is 11.6 Å². The molecule has 0 aliphatic carbocycles. The number of hydrogen-bond acceptors (Lipinski definition) is 6. The summed E-state index contributed by atoms with van der Waals surface area (Å²) in [6.45, 7) is 0. The Morgan fingerprint density at radius 2 is 2.12 bits per heavy atom. The summed E-state index contributed by atoms with van der Waals surface area (Å²) in [5.74, 6) is -0.0220. The molecule has 7 nitrogen and oxygen atoms in total. The van der Waals surface area contributed by atoms with Gasteiger partial charge in [-0.25, -0.2) is 9.97 Å².